The average molecular weight is 398 g/mol. The number of fused-ring (bicyclic) bond motifs is 1. The first kappa shape index (κ1) is 15.9. The van der Waals surface area contributed by atoms with E-state index in [1.54, 1.807) is 11.8 Å². The molecular formula is C16H14BrClN2OS. The van der Waals surface area contributed by atoms with Crippen LogP contribution in [0, 0.1) is 0 Å². The van der Waals surface area contributed by atoms with Gasteiger partial charge in [0.25, 0.3) is 0 Å². The van der Waals surface area contributed by atoms with Crippen molar-refractivity contribution in [2.24, 2.45) is 0 Å². The van der Waals surface area contributed by atoms with Gasteiger partial charge in [0, 0.05) is 20.9 Å². The number of aromatic nitrogens is 2. The molecular weight excluding hydrogens is 384 g/mol. The third-order valence-electron chi connectivity index (χ3n) is 3.29. The first-order valence-corrected chi connectivity index (χ1v) is 8.97. The molecule has 0 saturated carbocycles. The van der Waals surface area contributed by atoms with Crippen molar-refractivity contribution in [1.82, 2.24) is 9.55 Å². The Balaban J connectivity index is 1.88. The summed E-state index contributed by atoms with van der Waals surface area (Å²) in [6.45, 7) is 0.598. The minimum absolute atomic E-state index is 0.0773. The maximum atomic E-state index is 9.31. The first-order chi connectivity index (χ1) is 10.7. The molecule has 0 fully saturated rings. The molecule has 0 radical (unpaired) electrons. The van der Waals surface area contributed by atoms with E-state index in [-0.39, 0.29) is 6.61 Å². The zero-order valence-corrected chi connectivity index (χ0v) is 14.8. The van der Waals surface area contributed by atoms with Gasteiger partial charge in [-0.2, -0.15) is 0 Å². The lowest BCUT2D eigenvalue weighted by Crippen LogP contribution is -2.06. The predicted molar refractivity (Wildman–Crippen MR) is 95.5 cm³/mol. The van der Waals surface area contributed by atoms with Gasteiger partial charge in [-0.1, -0.05) is 27.5 Å². The van der Waals surface area contributed by atoms with Crippen molar-refractivity contribution >= 4 is 50.3 Å². The summed E-state index contributed by atoms with van der Waals surface area (Å²) in [7, 11) is 0. The lowest BCUT2D eigenvalue weighted by molar-refractivity contribution is 0.276. The van der Waals surface area contributed by atoms with Crippen molar-refractivity contribution < 1.29 is 5.11 Å². The Morgan fingerprint density at radius 1 is 1.18 bits per heavy atom. The average Bonchev–Trinajstić information content (AvgIpc) is 2.85. The molecule has 0 aliphatic rings. The molecule has 0 unspecified atom stereocenters. The SMILES string of the molecule is OCCn1c(CSc2ccc(Br)cc2)nc2ccc(Cl)cc21. The molecule has 22 heavy (non-hydrogen) atoms. The number of hydrogen-bond acceptors (Lipinski definition) is 3. The van der Waals surface area contributed by atoms with Gasteiger partial charge < -0.3 is 9.67 Å². The standard InChI is InChI=1S/C16H14BrClN2OS/c17-11-1-4-13(5-2-11)22-10-16-19-14-6-3-12(18)9-15(14)20(16)7-8-21/h1-6,9,21H,7-8,10H2. The second-order valence-corrected chi connectivity index (χ2v) is 7.18. The van der Waals surface area contributed by atoms with Crippen LogP contribution >= 0.6 is 39.3 Å². The molecule has 0 bridgehead atoms. The van der Waals surface area contributed by atoms with Crippen molar-refractivity contribution in [2.45, 2.75) is 17.2 Å². The van der Waals surface area contributed by atoms with Crippen molar-refractivity contribution in [3.05, 3.63) is 57.8 Å². The van der Waals surface area contributed by atoms with Crippen LogP contribution in [0.15, 0.2) is 51.8 Å². The fourth-order valence-electron chi connectivity index (χ4n) is 2.28. The Kier molecular flexibility index (Phi) is 5.08. The van der Waals surface area contributed by atoms with Crippen LogP contribution in [0.25, 0.3) is 11.0 Å². The van der Waals surface area contributed by atoms with Gasteiger partial charge >= 0.3 is 0 Å². The number of nitrogens with zero attached hydrogens (tertiary/aromatic N) is 2. The fourth-order valence-corrected chi connectivity index (χ4v) is 3.56. The Labute approximate surface area is 146 Å². The van der Waals surface area contributed by atoms with Gasteiger partial charge in [0.05, 0.1) is 23.4 Å². The fraction of sp³-hybridized carbons (Fsp3) is 0.188. The number of hydrogen-bond donors (Lipinski definition) is 1. The van der Waals surface area contributed by atoms with Gasteiger partial charge in [-0.15, -0.1) is 11.8 Å². The van der Waals surface area contributed by atoms with Gasteiger partial charge in [-0.25, -0.2) is 4.98 Å². The Bertz CT molecular complexity index is 789. The number of rotatable bonds is 5. The van der Waals surface area contributed by atoms with Crippen LogP contribution in [0.5, 0.6) is 0 Å². The van der Waals surface area contributed by atoms with Gasteiger partial charge in [-0.05, 0) is 42.5 Å². The van der Waals surface area contributed by atoms with Gasteiger partial charge in [0.1, 0.15) is 5.82 Å². The largest absolute Gasteiger partial charge is 0.395 e. The zero-order chi connectivity index (χ0) is 15.5. The quantitative estimate of drug-likeness (QED) is 0.632. The third-order valence-corrected chi connectivity index (χ3v) is 5.07. The summed E-state index contributed by atoms with van der Waals surface area (Å²) >= 11 is 11.2. The maximum Gasteiger partial charge on any atom is 0.120 e. The van der Waals surface area contributed by atoms with E-state index in [0.29, 0.717) is 11.6 Å². The minimum atomic E-state index is 0.0773. The molecule has 0 atom stereocenters. The molecule has 1 N–H and O–H groups in total. The van der Waals surface area contributed by atoms with E-state index in [1.165, 1.54) is 4.90 Å². The second kappa shape index (κ2) is 7.04. The Morgan fingerprint density at radius 2 is 1.95 bits per heavy atom. The van der Waals surface area contributed by atoms with E-state index in [0.717, 1.165) is 27.1 Å². The Morgan fingerprint density at radius 3 is 2.68 bits per heavy atom. The topological polar surface area (TPSA) is 38.0 Å². The van der Waals surface area contributed by atoms with E-state index in [9.17, 15) is 5.11 Å². The number of aliphatic hydroxyl groups is 1. The van der Waals surface area contributed by atoms with Gasteiger partial charge in [0.15, 0.2) is 0 Å². The summed E-state index contributed by atoms with van der Waals surface area (Å²) < 4.78 is 3.10. The van der Waals surface area contributed by atoms with Crippen LogP contribution in [-0.2, 0) is 12.3 Å². The summed E-state index contributed by atoms with van der Waals surface area (Å²) in [4.78, 5) is 5.85. The number of imidazole rings is 1. The molecule has 3 rings (SSSR count). The summed E-state index contributed by atoms with van der Waals surface area (Å²) in [6.07, 6.45) is 0. The number of thioether (sulfide) groups is 1. The van der Waals surface area contributed by atoms with Crippen molar-refractivity contribution in [1.29, 1.82) is 0 Å². The lowest BCUT2D eigenvalue weighted by Gasteiger charge is -2.07. The van der Waals surface area contributed by atoms with Crippen LogP contribution in [0.2, 0.25) is 5.02 Å². The molecule has 0 aliphatic carbocycles. The highest BCUT2D eigenvalue weighted by molar-refractivity contribution is 9.10. The van der Waals surface area contributed by atoms with Crippen molar-refractivity contribution in [3.63, 3.8) is 0 Å². The Hall–Kier alpha value is -1.01. The predicted octanol–water partition coefficient (Wildman–Crippen LogP) is 4.74. The zero-order valence-electron chi connectivity index (χ0n) is 11.7. The van der Waals surface area contributed by atoms with E-state index in [4.69, 9.17) is 11.6 Å². The molecule has 1 aromatic heterocycles. The molecule has 0 saturated heterocycles. The molecule has 1 heterocycles. The van der Waals surface area contributed by atoms with Crippen molar-refractivity contribution in [2.75, 3.05) is 6.61 Å². The molecule has 6 heteroatoms. The van der Waals surface area contributed by atoms with Crippen molar-refractivity contribution in [3.8, 4) is 0 Å². The smallest absolute Gasteiger partial charge is 0.120 e. The van der Waals surface area contributed by atoms with Gasteiger partial charge in [-0.3, -0.25) is 0 Å². The highest BCUT2D eigenvalue weighted by atomic mass is 79.9. The summed E-state index contributed by atoms with van der Waals surface area (Å²) in [5, 5.41) is 9.99. The highest BCUT2D eigenvalue weighted by Crippen LogP contribution is 2.27. The van der Waals surface area contributed by atoms with Gasteiger partial charge in [0.2, 0.25) is 0 Å². The third kappa shape index (κ3) is 3.49. The lowest BCUT2D eigenvalue weighted by atomic mass is 10.3. The molecule has 0 amide bonds. The van der Waals surface area contributed by atoms with E-state index < -0.39 is 0 Å². The van der Waals surface area contributed by atoms with Crippen LogP contribution in [0.1, 0.15) is 5.82 Å². The number of benzene rings is 2. The monoisotopic (exact) mass is 396 g/mol. The first-order valence-electron chi connectivity index (χ1n) is 6.81. The van der Waals surface area contributed by atoms with E-state index in [2.05, 4.69) is 33.0 Å². The molecule has 114 valence electrons. The molecule has 2 aromatic carbocycles. The van der Waals surface area contributed by atoms with Crippen LogP contribution in [-0.4, -0.2) is 21.3 Å². The normalized spacial score (nSPS) is 11.2. The second-order valence-electron chi connectivity index (χ2n) is 4.78. The highest BCUT2D eigenvalue weighted by Gasteiger charge is 2.11. The summed E-state index contributed by atoms with van der Waals surface area (Å²) in [6, 6.07) is 13.9. The maximum absolute atomic E-state index is 9.31. The van der Waals surface area contributed by atoms with Crippen LogP contribution < -0.4 is 0 Å². The molecule has 3 nitrogen and oxygen atoms in total. The molecule has 0 aliphatic heterocycles. The molecule has 3 aromatic rings. The van der Waals surface area contributed by atoms with E-state index >= 15 is 0 Å². The van der Waals surface area contributed by atoms with Crippen LogP contribution in [0.4, 0.5) is 0 Å². The minimum Gasteiger partial charge on any atom is -0.395 e. The number of halogens is 2. The summed E-state index contributed by atoms with van der Waals surface area (Å²) in [5.74, 6) is 1.69. The van der Waals surface area contributed by atoms with E-state index in [1.807, 2.05) is 34.9 Å². The molecule has 0 spiro atoms. The summed E-state index contributed by atoms with van der Waals surface area (Å²) in [5.41, 5.74) is 1.87. The number of aliphatic hydroxyl groups excluding tert-OH is 1. The van der Waals surface area contributed by atoms with Crippen LogP contribution in [0.3, 0.4) is 0 Å².